The first kappa shape index (κ1) is 20.8. The van der Waals surface area contributed by atoms with E-state index in [-0.39, 0.29) is 11.4 Å². The van der Waals surface area contributed by atoms with E-state index in [1.807, 2.05) is 19.9 Å². The van der Waals surface area contributed by atoms with Gasteiger partial charge in [-0.25, -0.2) is 9.07 Å². The highest BCUT2D eigenvalue weighted by atomic mass is 19.1. The summed E-state index contributed by atoms with van der Waals surface area (Å²) in [5.74, 6) is -0.351. The van der Waals surface area contributed by atoms with Crippen molar-refractivity contribution in [2.45, 2.75) is 20.8 Å². The highest BCUT2D eigenvalue weighted by molar-refractivity contribution is 6.10. The van der Waals surface area contributed by atoms with Crippen LogP contribution in [0, 0.1) is 31.0 Å². The zero-order chi connectivity index (χ0) is 21.7. The first-order valence-electron chi connectivity index (χ1n) is 9.41. The van der Waals surface area contributed by atoms with Gasteiger partial charge in [0.2, 0.25) is 0 Å². The second kappa shape index (κ2) is 9.05. The van der Waals surface area contributed by atoms with Crippen LogP contribution in [0.4, 0.5) is 10.1 Å². The zero-order valence-corrected chi connectivity index (χ0v) is 16.9. The number of halogens is 1. The number of para-hydroxylation sites is 2. The van der Waals surface area contributed by atoms with E-state index in [0.717, 1.165) is 5.69 Å². The van der Waals surface area contributed by atoms with Crippen molar-refractivity contribution in [2.24, 2.45) is 0 Å². The van der Waals surface area contributed by atoms with Crippen LogP contribution in [0.25, 0.3) is 11.8 Å². The summed E-state index contributed by atoms with van der Waals surface area (Å²) in [5.41, 5.74) is 3.14. The van der Waals surface area contributed by atoms with Crippen molar-refractivity contribution >= 4 is 17.7 Å². The average molecular weight is 404 g/mol. The molecule has 3 rings (SSSR count). The number of carbonyl (C=O) groups is 1. The Morgan fingerprint density at radius 3 is 2.60 bits per heavy atom. The number of hydrogen-bond donors (Lipinski definition) is 1. The number of benzene rings is 2. The summed E-state index contributed by atoms with van der Waals surface area (Å²) in [7, 11) is 0. The Balaban J connectivity index is 1.92. The fourth-order valence-electron chi connectivity index (χ4n) is 3.03. The molecule has 1 amide bonds. The number of amides is 1. The van der Waals surface area contributed by atoms with Gasteiger partial charge in [-0.1, -0.05) is 12.1 Å². The van der Waals surface area contributed by atoms with Crippen LogP contribution in [-0.2, 0) is 4.79 Å². The van der Waals surface area contributed by atoms with Gasteiger partial charge in [-0.15, -0.1) is 0 Å². The lowest BCUT2D eigenvalue weighted by molar-refractivity contribution is -0.112. The SMILES string of the molecule is CCOc1ccccc1NC(=O)/C(C#N)=C/c1c(C)nn(-c2ccc(F)cc2)c1C. The summed E-state index contributed by atoms with van der Waals surface area (Å²) >= 11 is 0. The molecule has 0 aliphatic heterocycles. The zero-order valence-electron chi connectivity index (χ0n) is 16.9. The van der Waals surface area contributed by atoms with Crippen molar-refractivity contribution in [3.05, 3.63) is 76.9 Å². The van der Waals surface area contributed by atoms with Crippen LogP contribution in [0.3, 0.4) is 0 Å². The van der Waals surface area contributed by atoms with Gasteiger partial charge in [0.05, 0.1) is 23.7 Å². The summed E-state index contributed by atoms with van der Waals surface area (Å²) < 4.78 is 20.4. The normalized spacial score (nSPS) is 11.1. The third kappa shape index (κ3) is 4.39. The third-order valence-corrected chi connectivity index (χ3v) is 4.51. The van der Waals surface area contributed by atoms with Crippen molar-refractivity contribution in [1.82, 2.24) is 9.78 Å². The topological polar surface area (TPSA) is 79.9 Å². The number of anilines is 1. The Labute approximate surface area is 174 Å². The van der Waals surface area contributed by atoms with Gasteiger partial charge >= 0.3 is 0 Å². The van der Waals surface area contributed by atoms with Gasteiger partial charge in [-0.3, -0.25) is 4.79 Å². The van der Waals surface area contributed by atoms with Crippen LogP contribution >= 0.6 is 0 Å². The molecule has 3 aromatic rings. The molecule has 1 N–H and O–H groups in total. The van der Waals surface area contributed by atoms with Gasteiger partial charge in [0.25, 0.3) is 5.91 Å². The van der Waals surface area contributed by atoms with Crippen LogP contribution in [-0.4, -0.2) is 22.3 Å². The van der Waals surface area contributed by atoms with E-state index >= 15 is 0 Å². The number of aromatic nitrogens is 2. The first-order valence-corrected chi connectivity index (χ1v) is 9.41. The fourth-order valence-corrected chi connectivity index (χ4v) is 3.03. The largest absolute Gasteiger partial charge is 0.492 e. The number of rotatable bonds is 6. The van der Waals surface area contributed by atoms with Crippen molar-refractivity contribution in [3.63, 3.8) is 0 Å². The number of hydrogen-bond acceptors (Lipinski definition) is 4. The van der Waals surface area contributed by atoms with Gasteiger partial charge in [-0.05, 0) is 63.2 Å². The highest BCUT2D eigenvalue weighted by Crippen LogP contribution is 2.25. The minimum absolute atomic E-state index is 0.0637. The molecule has 2 aromatic carbocycles. The summed E-state index contributed by atoms with van der Waals surface area (Å²) in [6.07, 6.45) is 1.51. The summed E-state index contributed by atoms with van der Waals surface area (Å²) in [5, 5.41) is 16.8. The van der Waals surface area contributed by atoms with Gasteiger partial charge in [0.15, 0.2) is 0 Å². The molecule has 0 unspecified atom stereocenters. The molecule has 0 saturated heterocycles. The minimum atomic E-state index is -0.544. The van der Waals surface area contributed by atoms with Crippen molar-refractivity contribution in [2.75, 3.05) is 11.9 Å². The van der Waals surface area contributed by atoms with E-state index in [1.165, 1.54) is 18.2 Å². The van der Waals surface area contributed by atoms with Crippen molar-refractivity contribution < 1.29 is 13.9 Å². The number of nitrogens with zero attached hydrogens (tertiary/aromatic N) is 3. The first-order chi connectivity index (χ1) is 14.4. The molecule has 0 spiro atoms. The molecule has 0 radical (unpaired) electrons. The molecule has 0 atom stereocenters. The molecule has 0 aliphatic carbocycles. The van der Waals surface area contributed by atoms with Crippen LogP contribution in [0.15, 0.2) is 54.1 Å². The van der Waals surface area contributed by atoms with Crippen molar-refractivity contribution in [1.29, 1.82) is 5.26 Å². The Morgan fingerprint density at radius 1 is 1.23 bits per heavy atom. The molecular formula is C23H21FN4O2. The molecule has 7 heteroatoms. The van der Waals surface area contributed by atoms with Crippen LogP contribution in [0.5, 0.6) is 5.75 Å². The molecule has 0 aliphatic rings. The number of nitriles is 1. The molecule has 0 saturated carbocycles. The standard InChI is InChI=1S/C23H21FN4O2/c1-4-30-22-8-6-5-7-21(22)26-23(29)17(14-25)13-20-15(2)27-28(16(20)3)19-11-9-18(24)10-12-19/h5-13H,4H2,1-3H3,(H,26,29)/b17-13+. The smallest absolute Gasteiger partial charge is 0.266 e. The molecule has 0 bridgehead atoms. The Hall–Kier alpha value is -3.92. The fraction of sp³-hybridized carbons (Fsp3) is 0.174. The lowest BCUT2D eigenvalue weighted by atomic mass is 10.1. The average Bonchev–Trinajstić information content (AvgIpc) is 3.02. The summed E-state index contributed by atoms with van der Waals surface area (Å²) in [6, 6.07) is 14.9. The van der Waals surface area contributed by atoms with Gasteiger partial charge in [0, 0.05) is 11.3 Å². The second-order valence-electron chi connectivity index (χ2n) is 6.53. The molecule has 152 valence electrons. The molecule has 6 nitrogen and oxygen atoms in total. The lowest BCUT2D eigenvalue weighted by Crippen LogP contribution is -2.14. The molecular weight excluding hydrogens is 383 g/mol. The number of ether oxygens (including phenoxy) is 1. The molecule has 30 heavy (non-hydrogen) atoms. The van der Waals surface area contributed by atoms with E-state index in [2.05, 4.69) is 10.4 Å². The number of aryl methyl sites for hydroxylation is 1. The van der Waals surface area contributed by atoms with Crippen molar-refractivity contribution in [3.8, 4) is 17.5 Å². The Bertz CT molecular complexity index is 1140. The number of nitrogens with one attached hydrogen (secondary N) is 1. The maximum atomic E-state index is 13.2. The molecule has 1 aromatic heterocycles. The number of carbonyl (C=O) groups excluding carboxylic acids is 1. The maximum absolute atomic E-state index is 13.2. The molecule has 1 heterocycles. The maximum Gasteiger partial charge on any atom is 0.266 e. The van der Waals surface area contributed by atoms with Crippen LogP contribution in [0.1, 0.15) is 23.9 Å². The monoisotopic (exact) mass is 404 g/mol. The highest BCUT2D eigenvalue weighted by Gasteiger charge is 2.16. The van der Waals surface area contributed by atoms with Crippen LogP contribution in [0.2, 0.25) is 0 Å². The summed E-state index contributed by atoms with van der Waals surface area (Å²) in [6.45, 7) is 5.92. The van der Waals surface area contributed by atoms with E-state index in [0.29, 0.717) is 35.0 Å². The van der Waals surface area contributed by atoms with E-state index in [9.17, 15) is 14.4 Å². The van der Waals surface area contributed by atoms with Crippen LogP contribution < -0.4 is 10.1 Å². The predicted molar refractivity (Wildman–Crippen MR) is 113 cm³/mol. The predicted octanol–water partition coefficient (Wildman–Crippen LogP) is 4.57. The Morgan fingerprint density at radius 2 is 1.93 bits per heavy atom. The van der Waals surface area contributed by atoms with E-state index in [4.69, 9.17) is 4.74 Å². The third-order valence-electron chi connectivity index (χ3n) is 4.51. The second-order valence-corrected chi connectivity index (χ2v) is 6.53. The van der Waals surface area contributed by atoms with E-state index < -0.39 is 5.91 Å². The minimum Gasteiger partial charge on any atom is -0.492 e. The van der Waals surface area contributed by atoms with Gasteiger partial charge in [0.1, 0.15) is 23.2 Å². The lowest BCUT2D eigenvalue weighted by Gasteiger charge is -2.10. The summed E-state index contributed by atoms with van der Waals surface area (Å²) in [4.78, 5) is 12.7. The molecule has 0 fully saturated rings. The van der Waals surface area contributed by atoms with E-state index in [1.54, 1.807) is 48.0 Å². The van der Waals surface area contributed by atoms with Gasteiger partial charge < -0.3 is 10.1 Å². The Kier molecular flexibility index (Phi) is 6.28. The quantitative estimate of drug-likeness (QED) is 0.482. The van der Waals surface area contributed by atoms with Gasteiger partial charge in [-0.2, -0.15) is 10.4 Å².